The van der Waals surface area contributed by atoms with Crippen LogP contribution in [0.15, 0.2) is 30.5 Å². The van der Waals surface area contributed by atoms with Crippen LogP contribution < -0.4 is 10.6 Å². The molecule has 1 fully saturated rings. The predicted molar refractivity (Wildman–Crippen MR) is 111 cm³/mol. The van der Waals surface area contributed by atoms with Crippen molar-refractivity contribution >= 4 is 29.5 Å². The van der Waals surface area contributed by atoms with E-state index in [1.165, 1.54) is 12.3 Å². The summed E-state index contributed by atoms with van der Waals surface area (Å²) < 4.78 is 6.27. The Bertz CT molecular complexity index is 1010. The van der Waals surface area contributed by atoms with Crippen molar-refractivity contribution in [3.8, 4) is 0 Å². The highest BCUT2D eigenvalue weighted by Crippen LogP contribution is 2.43. The molecule has 0 radical (unpaired) electrons. The number of anilines is 2. The van der Waals surface area contributed by atoms with Crippen molar-refractivity contribution in [3.63, 3.8) is 0 Å². The van der Waals surface area contributed by atoms with E-state index in [4.69, 9.17) is 4.74 Å². The van der Waals surface area contributed by atoms with Crippen LogP contribution in [0.2, 0.25) is 0 Å². The van der Waals surface area contributed by atoms with E-state index in [-0.39, 0.29) is 17.8 Å². The maximum Gasteiger partial charge on any atom is 0.435 e. The minimum absolute atomic E-state index is 0.00382. The van der Waals surface area contributed by atoms with Crippen LogP contribution in [0.4, 0.5) is 21.1 Å². The van der Waals surface area contributed by atoms with Crippen molar-refractivity contribution < 1.29 is 19.1 Å². The number of carbonyl (C=O) groups excluding carboxylic acids is 3. The molecule has 9 nitrogen and oxygen atoms in total. The van der Waals surface area contributed by atoms with Crippen molar-refractivity contribution in [2.75, 3.05) is 17.2 Å². The molecule has 2 aliphatic rings. The highest BCUT2D eigenvalue weighted by Gasteiger charge is 2.39. The molecule has 2 aliphatic heterocycles. The van der Waals surface area contributed by atoms with Gasteiger partial charge in [-0.1, -0.05) is 6.07 Å². The van der Waals surface area contributed by atoms with Crippen LogP contribution in [-0.2, 0) is 4.74 Å². The molecule has 1 unspecified atom stereocenters. The number of amides is 3. The Morgan fingerprint density at radius 3 is 2.73 bits per heavy atom. The number of urea groups is 1. The van der Waals surface area contributed by atoms with Crippen LogP contribution in [-0.4, -0.2) is 44.9 Å². The second kappa shape index (κ2) is 7.47. The summed E-state index contributed by atoms with van der Waals surface area (Å²) in [7, 11) is 0. The molecule has 9 heteroatoms. The minimum Gasteiger partial charge on any atom is -0.442 e. The van der Waals surface area contributed by atoms with Gasteiger partial charge in [-0.25, -0.2) is 9.59 Å². The first-order valence-electron chi connectivity index (χ1n) is 10.0. The van der Waals surface area contributed by atoms with E-state index in [1.54, 1.807) is 32.9 Å². The molecule has 3 heterocycles. The van der Waals surface area contributed by atoms with E-state index in [0.29, 0.717) is 11.3 Å². The second-order valence-corrected chi connectivity index (χ2v) is 8.48. The summed E-state index contributed by atoms with van der Waals surface area (Å²) in [5.41, 5.74) is 1.48. The fraction of sp³-hybridized carbons (Fsp3) is 0.429. The maximum absolute atomic E-state index is 12.7. The predicted octanol–water partition coefficient (Wildman–Crippen LogP) is 3.99. The fourth-order valence-corrected chi connectivity index (χ4v) is 3.92. The van der Waals surface area contributed by atoms with E-state index < -0.39 is 17.7 Å². The van der Waals surface area contributed by atoms with E-state index in [2.05, 4.69) is 15.7 Å². The van der Waals surface area contributed by atoms with E-state index >= 15 is 0 Å². The monoisotopic (exact) mass is 411 g/mol. The number of fused-ring (bicyclic) bond motifs is 3. The zero-order chi connectivity index (χ0) is 21.5. The number of nitrogens with one attached hydrogen (secondary N) is 2. The molecule has 2 aromatic rings. The smallest absolute Gasteiger partial charge is 0.435 e. The summed E-state index contributed by atoms with van der Waals surface area (Å²) >= 11 is 0. The number of rotatable bonds is 2. The van der Waals surface area contributed by atoms with Crippen molar-refractivity contribution in [3.05, 3.63) is 41.6 Å². The summed E-state index contributed by atoms with van der Waals surface area (Å²) in [6, 6.07) is 6.38. The molecule has 0 spiro atoms. The molecule has 30 heavy (non-hydrogen) atoms. The number of piperidine rings is 1. The van der Waals surface area contributed by atoms with Gasteiger partial charge >= 0.3 is 12.1 Å². The summed E-state index contributed by atoms with van der Waals surface area (Å²) in [6.07, 6.45) is 3.73. The quantitative estimate of drug-likeness (QED) is 0.777. The molecule has 4 rings (SSSR count). The Hall–Kier alpha value is -3.36. The molecule has 0 aliphatic carbocycles. The first kappa shape index (κ1) is 19.9. The van der Waals surface area contributed by atoms with Gasteiger partial charge in [0, 0.05) is 35.6 Å². The molecule has 1 saturated heterocycles. The van der Waals surface area contributed by atoms with E-state index in [9.17, 15) is 14.4 Å². The van der Waals surface area contributed by atoms with Gasteiger partial charge in [0.2, 0.25) is 0 Å². The molecule has 1 aromatic carbocycles. The molecule has 3 amide bonds. The van der Waals surface area contributed by atoms with Crippen LogP contribution in [0, 0.1) is 0 Å². The highest BCUT2D eigenvalue weighted by atomic mass is 16.6. The SMILES string of the molecule is CC(C)(C)OC(=O)n1ccc(NC(=O)Nc2cccc3c2C2CCCCN2C3=O)n1. The lowest BCUT2D eigenvalue weighted by Crippen LogP contribution is -2.32. The zero-order valence-electron chi connectivity index (χ0n) is 17.3. The van der Waals surface area contributed by atoms with Gasteiger partial charge in [0.05, 0.1) is 6.04 Å². The van der Waals surface area contributed by atoms with Gasteiger partial charge in [-0.15, -0.1) is 5.10 Å². The van der Waals surface area contributed by atoms with Gasteiger partial charge in [0.15, 0.2) is 5.82 Å². The summed E-state index contributed by atoms with van der Waals surface area (Å²) in [5.74, 6) is 0.233. The standard InChI is InChI=1S/C21H25N5O4/c1-21(2,3)30-20(29)26-12-10-16(24-26)23-19(28)22-14-8-6-7-13-17(14)15-9-4-5-11-25(15)18(13)27/h6-8,10,12,15H,4-5,9,11H2,1-3H3,(H2,22,23,24,28). The highest BCUT2D eigenvalue weighted by molar-refractivity contribution is 6.05. The minimum atomic E-state index is -0.647. The second-order valence-electron chi connectivity index (χ2n) is 8.48. The van der Waals surface area contributed by atoms with Gasteiger partial charge < -0.3 is 15.0 Å². The summed E-state index contributed by atoms with van der Waals surface area (Å²) in [4.78, 5) is 39.2. The Morgan fingerprint density at radius 1 is 1.17 bits per heavy atom. The molecule has 0 saturated carbocycles. The summed E-state index contributed by atoms with van der Waals surface area (Å²) in [6.45, 7) is 6.03. The first-order valence-corrected chi connectivity index (χ1v) is 10.0. The van der Waals surface area contributed by atoms with Crippen LogP contribution >= 0.6 is 0 Å². The number of hydrogen-bond acceptors (Lipinski definition) is 5. The number of ether oxygens (including phenoxy) is 1. The normalized spacial score (nSPS) is 17.9. The Morgan fingerprint density at radius 2 is 1.97 bits per heavy atom. The number of aromatic nitrogens is 2. The lowest BCUT2D eigenvalue weighted by Gasteiger charge is -2.30. The molecule has 1 atom stereocenters. The number of hydrogen-bond donors (Lipinski definition) is 2. The summed E-state index contributed by atoms with van der Waals surface area (Å²) in [5, 5.41) is 9.48. The molecular weight excluding hydrogens is 386 g/mol. The third-order valence-electron chi connectivity index (χ3n) is 5.09. The van der Waals surface area contributed by atoms with Crippen LogP contribution in [0.25, 0.3) is 0 Å². The Kier molecular flexibility index (Phi) is 4.97. The van der Waals surface area contributed by atoms with Gasteiger partial charge in [-0.05, 0) is 52.2 Å². The van der Waals surface area contributed by atoms with Crippen LogP contribution in [0.3, 0.4) is 0 Å². The number of benzene rings is 1. The van der Waals surface area contributed by atoms with Crippen molar-refractivity contribution in [1.29, 1.82) is 0 Å². The van der Waals surface area contributed by atoms with Crippen LogP contribution in [0.5, 0.6) is 0 Å². The molecule has 1 aromatic heterocycles. The average Bonchev–Trinajstić information content (AvgIpc) is 3.25. The Balaban J connectivity index is 1.47. The topological polar surface area (TPSA) is 106 Å². The average molecular weight is 411 g/mol. The van der Waals surface area contributed by atoms with E-state index in [1.807, 2.05) is 11.0 Å². The van der Waals surface area contributed by atoms with Crippen LogP contribution in [0.1, 0.15) is 62.0 Å². The lowest BCUT2D eigenvalue weighted by molar-refractivity contribution is 0.0514. The molecular formula is C21H25N5O4. The van der Waals surface area contributed by atoms with Crippen molar-refractivity contribution in [2.45, 2.75) is 51.7 Å². The van der Waals surface area contributed by atoms with E-state index in [0.717, 1.165) is 36.1 Å². The van der Waals surface area contributed by atoms with Gasteiger partial charge in [0.1, 0.15) is 5.60 Å². The largest absolute Gasteiger partial charge is 0.442 e. The third kappa shape index (κ3) is 3.87. The molecule has 0 bridgehead atoms. The third-order valence-corrected chi connectivity index (χ3v) is 5.09. The zero-order valence-corrected chi connectivity index (χ0v) is 17.3. The van der Waals surface area contributed by atoms with Crippen molar-refractivity contribution in [1.82, 2.24) is 14.7 Å². The van der Waals surface area contributed by atoms with Gasteiger partial charge in [-0.2, -0.15) is 4.68 Å². The van der Waals surface area contributed by atoms with Crippen molar-refractivity contribution in [2.24, 2.45) is 0 Å². The lowest BCUT2D eigenvalue weighted by atomic mass is 9.96. The first-order chi connectivity index (χ1) is 14.2. The Labute approximate surface area is 174 Å². The molecule has 158 valence electrons. The maximum atomic E-state index is 12.7. The fourth-order valence-electron chi connectivity index (χ4n) is 3.92. The van der Waals surface area contributed by atoms with Gasteiger partial charge in [-0.3, -0.25) is 10.1 Å². The molecule has 2 N–H and O–H groups in total. The number of carbonyl (C=O) groups is 3. The van der Waals surface area contributed by atoms with Gasteiger partial charge in [0.25, 0.3) is 5.91 Å². The number of nitrogens with zero attached hydrogens (tertiary/aromatic N) is 3.